The SMILES string of the molecule is CC(N)CNc1ncncc1Br. The molecule has 0 aromatic carbocycles. The standard InChI is InChI=1S/C7H11BrN4/c1-5(9)2-11-7-6(8)3-10-4-12-7/h3-5H,2,9H2,1H3,(H,10,11,12). The van der Waals surface area contributed by atoms with E-state index in [-0.39, 0.29) is 6.04 Å². The molecule has 1 aromatic rings. The summed E-state index contributed by atoms with van der Waals surface area (Å²) in [5.41, 5.74) is 5.57. The van der Waals surface area contributed by atoms with Crippen LogP contribution in [0.5, 0.6) is 0 Å². The summed E-state index contributed by atoms with van der Waals surface area (Å²) >= 11 is 3.32. The van der Waals surface area contributed by atoms with E-state index >= 15 is 0 Å². The Morgan fingerprint density at radius 2 is 2.50 bits per heavy atom. The van der Waals surface area contributed by atoms with E-state index in [2.05, 4.69) is 31.2 Å². The van der Waals surface area contributed by atoms with Crippen LogP contribution in [-0.4, -0.2) is 22.6 Å². The van der Waals surface area contributed by atoms with Crippen molar-refractivity contribution >= 4 is 21.7 Å². The summed E-state index contributed by atoms with van der Waals surface area (Å²) in [5.74, 6) is 0.780. The third kappa shape index (κ3) is 2.75. The van der Waals surface area contributed by atoms with Gasteiger partial charge in [-0.15, -0.1) is 0 Å². The zero-order valence-corrected chi connectivity index (χ0v) is 8.37. The lowest BCUT2D eigenvalue weighted by Crippen LogP contribution is -2.25. The quantitative estimate of drug-likeness (QED) is 0.814. The van der Waals surface area contributed by atoms with Crippen molar-refractivity contribution < 1.29 is 0 Å². The van der Waals surface area contributed by atoms with Crippen molar-refractivity contribution in [1.29, 1.82) is 0 Å². The Kier molecular flexibility index (Phi) is 3.43. The van der Waals surface area contributed by atoms with Crippen molar-refractivity contribution in [3.05, 3.63) is 17.0 Å². The van der Waals surface area contributed by atoms with Crippen LogP contribution in [0.3, 0.4) is 0 Å². The lowest BCUT2D eigenvalue weighted by atomic mass is 10.3. The highest BCUT2D eigenvalue weighted by atomic mass is 79.9. The molecule has 4 nitrogen and oxygen atoms in total. The van der Waals surface area contributed by atoms with Crippen LogP contribution in [0.15, 0.2) is 17.0 Å². The molecular weight excluding hydrogens is 220 g/mol. The molecule has 0 aliphatic rings. The van der Waals surface area contributed by atoms with Gasteiger partial charge in [0.2, 0.25) is 0 Å². The van der Waals surface area contributed by atoms with Gasteiger partial charge in [0.15, 0.2) is 0 Å². The van der Waals surface area contributed by atoms with Gasteiger partial charge in [0.25, 0.3) is 0 Å². The lowest BCUT2D eigenvalue weighted by Gasteiger charge is -2.08. The highest BCUT2D eigenvalue weighted by Crippen LogP contribution is 2.16. The monoisotopic (exact) mass is 230 g/mol. The summed E-state index contributed by atoms with van der Waals surface area (Å²) in [4.78, 5) is 7.87. The highest BCUT2D eigenvalue weighted by molar-refractivity contribution is 9.10. The third-order valence-electron chi connectivity index (χ3n) is 1.26. The van der Waals surface area contributed by atoms with E-state index in [1.165, 1.54) is 6.33 Å². The molecule has 1 unspecified atom stereocenters. The first-order valence-electron chi connectivity index (χ1n) is 3.65. The Labute approximate surface area is 79.7 Å². The lowest BCUT2D eigenvalue weighted by molar-refractivity contribution is 0.776. The summed E-state index contributed by atoms with van der Waals surface area (Å²) in [5, 5.41) is 3.09. The van der Waals surface area contributed by atoms with E-state index < -0.39 is 0 Å². The average molecular weight is 231 g/mol. The summed E-state index contributed by atoms with van der Waals surface area (Å²) in [6.07, 6.45) is 3.19. The Morgan fingerprint density at radius 3 is 3.08 bits per heavy atom. The smallest absolute Gasteiger partial charge is 0.143 e. The normalized spacial score (nSPS) is 12.6. The predicted molar refractivity (Wildman–Crippen MR) is 51.9 cm³/mol. The Balaban J connectivity index is 2.57. The Hall–Kier alpha value is -0.680. The molecule has 1 rings (SSSR count). The average Bonchev–Trinajstić information content (AvgIpc) is 2.03. The van der Waals surface area contributed by atoms with Gasteiger partial charge in [-0.1, -0.05) is 0 Å². The van der Waals surface area contributed by atoms with E-state index in [1.807, 2.05) is 6.92 Å². The maximum Gasteiger partial charge on any atom is 0.143 e. The number of rotatable bonds is 3. The van der Waals surface area contributed by atoms with Crippen LogP contribution in [0, 0.1) is 0 Å². The number of hydrogen-bond donors (Lipinski definition) is 2. The van der Waals surface area contributed by atoms with Crippen LogP contribution >= 0.6 is 15.9 Å². The van der Waals surface area contributed by atoms with Crippen LogP contribution in [-0.2, 0) is 0 Å². The van der Waals surface area contributed by atoms with Crippen LogP contribution in [0.2, 0.25) is 0 Å². The minimum Gasteiger partial charge on any atom is -0.367 e. The van der Waals surface area contributed by atoms with Gasteiger partial charge in [-0.05, 0) is 22.9 Å². The molecule has 3 N–H and O–H groups in total. The number of hydrogen-bond acceptors (Lipinski definition) is 4. The van der Waals surface area contributed by atoms with E-state index in [0.717, 1.165) is 10.3 Å². The number of nitrogens with two attached hydrogens (primary N) is 1. The molecule has 12 heavy (non-hydrogen) atoms. The van der Waals surface area contributed by atoms with Crippen molar-refractivity contribution in [1.82, 2.24) is 9.97 Å². The van der Waals surface area contributed by atoms with Gasteiger partial charge in [0.05, 0.1) is 4.47 Å². The molecule has 0 radical (unpaired) electrons. The molecule has 0 amide bonds. The van der Waals surface area contributed by atoms with Gasteiger partial charge in [-0.3, -0.25) is 0 Å². The fourth-order valence-corrected chi connectivity index (χ4v) is 1.06. The Bertz CT molecular complexity index is 251. The van der Waals surface area contributed by atoms with Gasteiger partial charge in [-0.25, -0.2) is 9.97 Å². The van der Waals surface area contributed by atoms with Crippen molar-refractivity contribution in [2.75, 3.05) is 11.9 Å². The number of anilines is 1. The van der Waals surface area contributed by atoms with Crippen molar-refractivity contribution in [2.24, 2.45) is 5.73 Å². The van der Waals surface area contributed by atoms with Crippen molar-refractivity contribution in [2.45, 2.75) is 13.0 Å². The molecule has 0 spiro atoms. The van der Waals surface area contributed by atoms with Crippen LogP contribution < -0.4 is 11.1 Å². The molecule has 1 atom stereocenters. The van der Waals surface area contributed by atoms with E-state index in [9.17, 15) is 0 Å². The summed E-state index contributed by atoms with van der Waals surface area (Å²) in [7, 11) is 0. The van der Waals surface area contributed by atoms with Crippen molar-refractivity contribution in [3.63, 3.8) is 0 Å². The van der Waals surface area contributed by atoms with Crippen LogP contribution in [0.25, 0.3) is 0 Å². The fourth-order valence-electron chi connectivity index (χ4n) is 0.700. The third-order valence-corrected chi connectivity index (χ3v) is 1.84. The zero-order valence-electron chi connectivity index (χ0n) is 6.79. The van der Waals surface area contributed by atoms with Crippen LogP contribution in [0.4, 0.5) is 5.82 Å². The zero-order chi connectivity index (χ0) is 8.97. The first-order chi connectivity index (χ1) is 5.70. The number of nitrogens with one attached hydrogen (secondary N) is 1. The topological polar surface area (TPSA) is 63.8 Å². The largest absolute Gasteiger partial charge is 0.367 e. The molecule has 1 aromatic heterocycles. The summed E-state index contributed by atoms with van der Waals surface area (Å²) < 4.78 is 0.852. The number of aromatic nitrogens is 2. The second-order valence-electron chi connectivity index (χ2n) is 2.58. The van der Waals surface area contributed by atoms with E-state index in [0.29, 0.717) is 6.54 Å². The van der Waals surface area contributed by atoms with Crippen molar-refractivity contribution in [3.8, 4) is 0 Å². The Morgan fingerprint density at radius 1 is 1.75 bits per heavy atom. The maximum atomic E-state index is 5.57. The molecule has 0 aliphatic carbocycles. The molecule has 5 heteroatoms. The second kappa shape index (κ2) is 4.37. The number of halogens is 1. The minimum absolute atomic E-state index is 0.117. The molecule has 0 aliphatic heterocycles. The summed E-state index contributed by atoms with van der Waals surface area (Å²) in [6.45, 7) is 2.64. The minimum atomic E-state index is 0.117. The van der Waals surface area contributed by atoms with Gasteiger partial charge >= 0.3 is 0 Å². The highest BCUT2D eigenvalue weighted by Gasteiger charge is 2.00. The van der Waals surface area contributed by atoms with Gasteiger partial charge in [0, 0.05) is 18.8 Å². The first-order valence-corrected chi connectivity index (χ1v) is 4.44. The molecule has 0 saturated heterocycles. The molecule has 0 saturated carbocycles. The van der Waals surface area contributed by atoms with E-state index in [1.54, 1.807) is 6.20 Å². The molecule has 0 bridgehead atoms. The first kappa shape index (κ1) is 9.41. The van der Waals surface area contributed by atoms with Gasteiger partial charge in [0.1, 0.15) is 12.1 Å². The predicted octanol–water partition coefficient (Wildman–Crippen LogP) is 0.998. The van der Waals surface area contributed by atoms with E-state index in [4.69, 9.17) is 5.73 Å². The molecule has 1 heterocycles. The fraction of sp³-hybridized carbons (Fsp3) is 0.429. The maximum absolute atomic E-state index is 5.57. The van der Waals surface area contributed by atoms with Gasteiger partial charge < -0.3 is 11.1 Å². The second-order valence-corrected chi connectivity index (χ2v) is 3.43. The number of nitrogens with zero attached hydrogens (tertiary/aromatic N) is 2. The van der Waals surface area contributed by atoms with Crippen LogP contribution in [0.1, 0.15) is 6.92 Å². The molecule has 0 fully saturated rings. The van der Waals surface area contributed by atoms with Gasteiger partial charge in [-0.2, -0.15) is 0 Å². The molecular formula is C7H11BrN4. The summed E-state index contributed by atoms with van der Waals surface area (Å²) in [6, 6.07) is 0.117. The molecule has 66 valence electrons.